The Morgan fingerprint density at radius 1 is 1.03 bits per heavy atom. The number of aromatic nitrogens is 2. The van der Waals surface area contributed by atoms with Gasteiger partial charge in [0, 0.05) is 69.7 Å². The summed E-state index contributed by atoms with van der Waals surface area (Å²) in [6, 6.07) is 19.1. The average Bonchev–Trinajstić information content (AvgIpc) is 3.48. The van der Waals surface area contributed by atoms with E-state index in [4.69, 9.17) is 17.0 Å². The average molecular weight is 477 g/mol. The lowest BCUT2D eigenvalue weighted by molar-refractivity contribution is 0.0349. The number of morpholine rings is 1. The van der Waals surface area contributed by atoms with E-state index >= 15 is 0 Å². The Balaban J connectivity index is 1.48. The van der Waals surface area contributed by atoms with Crippen LogP contribution in [0.3, 0.4) is 0 Å². The lowest BCUT2D eigenvalue weighted by Crippen LogP contribution is -2.42. The summed E-state index contributed by atoms with van der Waals surface area (Å²) in [5.41, 5.74) is 4.51. The Bertz CT molecular complexity index is 1090. The van der Waals surface area contributed by atoms with Crippen LogP contribution in [0.4, 0.5) is 5.69 Å². The summed E-state index contributed by atoms with van der Waals surface area (Å²) in [6.45, 7) is 5.34. The second kappa shape index (κ2) is 10.1. The van der Waals surface area contributed by atoms with Crippen molar-refractivity contribution in [1.29, 1.82) is 0 Å². The van der Waals surface area contributed by atoms with Crippen LogP contribution in [0.2, 0.25) is 0 Å². The van der Waals surface area contributed by atoms with Crippen molar-refractivity contribution in [3.05, 3.63) is 78.4 Å². The van der Waals surface area contributed by atoms with Crippen LogP contribution in [0.5, 0.6) is 0 Å². The molecule has 4 heterocycles. The molecule has 1 aromatic carbocycles. The lowest BCUT2D eigenvalue weighted by Gasteiger charge is -2.32. The van der Waals surface area contributed by atoms with Crippen LogP contribution in [0.25, 0.3) is 5.69 Å². The Labute approximate surface area is 206 Å². The zero-order chi connectivity index (χ0) is 23.5. The summed E-state index contributed by atoms with van der Waals surface area (Å²) < 4.78 is 7.80. The molecule has 0 amide bonds. The van der Waals surface area contributed by atoms with E-state index in [1.807, 2.05) is 18.3 Å². The fourth-order valence-corrected chi connectivity index (χ4v) is 5.16. The molecule has 3 aromatic rings. The number of nitrogens with zero attached hydrogens (tertiary/aromatic N) is 5. The van der Waals surface area contributed by atoms with Crippen molar-refractivity contribution in [1.82, 2.24) is 24.7 Å². The maximum absolute atomic E-state index is 5.87. The Morgan fingerprint density at radius 2 is 1.82 bits per heavy atom. The number of ether oxygens (including phenoxy) is 1. The van der Waals surface area contributed by atoms with E-state index in [9.17, 15) is 0 Å². The molecule has 1 N–H and O–H groups in total. The topological polar surface area (TPSA) is 48.8 Å². The van der Waals surface area contributed by atoms with Gasteiger partial charge >= 0.3 is 0 Å². The third-order valence-electron chi connectivity index (χ3n) is 6.69. The summed E-state index contributed by atoms with van der Waals surface area (Å²) in [5, 5.41) is 4.36. The molecule has 5 rings (SSSR count). The van der Waals surface area contributed by atoms with Gasteiger partial charge in [0.05, 0.1) is 31.0 Å². The van der Waals surface area contributed by atoms with Crippen LogP contribution in [0, 0.1) is 0 Å². The number of thiocarbonyl (C=S) groups is 1. The van der Waals surface area contributed by atoms with Crippen molar-refractivity contribution < 1.29 is 4.74 Å². The van der Waals surface area contributed by atoms with E-state index < -0.39 is 0 Å². The highest BCUT2D eigenvalue weighted by molar-refractivity contribution is 7.80. The van der Waals surface area contributed by atoms with Gasteiger partial charge in [-0.1, -0.05) is 6.07 Å². The van der Waals surface area contributed by atoms with Crippen LogP contribution in [-0.4, -0.2) is 78.0 Å². The fraction of sp³-hybridized carbons (Fsp3) is 0.385. The minimum Gasteiger partial charge on any atom is -0.379 e. The maximum Gasteiger partial charge on any atom is 0.170 e. The zero-order valence-electron chi connectivity index (χ0n) is 19.8. The molecule has 7 nitrogen and oxygen atoms in total. The Kier molecular flexibility index (Phi) is 6.80. The highest BCUT2D eigenvalue weighted by Crippen LogP contribution is 2.39. The number of hydrogen-bond donors (Lipinski definition) is 1. The fourth-order valence-electron chi connectivity index (χ4n) is 4.82. The molecule has 8 heteroatoms. The first-order valence-electron chi connectivity index (χ1n) is 11.8. The molecule has 0 aliphatic carbocycles. The van der Waals surface area contributed by atoms with Gasteiger partial charge in [-0.15, -0.1) is 0 Å². The first kappa shape index (κ1) is 22.8. The molecular weight excluding hydrogens is 444 g/mol. The molecule has 0 unspecified atom stereocenters. The van der Waals surface area contributed by atoms with Crippen LogP contribution >= 0.6 is 12.2 Å². The summed E-state index contributed by atoms with van der Waals surface area (Å²) in [7, 11) is 4.12. The third kappa shape index (κ3) is 4.66. The van der Waals surface area contributed by atoms with Crippen molar-refractivity contribution >= 4 is 23.0 Å². The molecule has 2 aliphatic rings. The van der Waals surface area contributed by atoms with E-state index in [1.165, 1.54) is 11.4 Å². The number of hydrogen-bond acceptors (Lipinski definition) is 5. The Morgan fingerprint density at radius 3 is 2.53 bits per heavy atom. The molecule has 0 spiro atoms. The van der Waals surface area contributed by atoms with Gasteiger partial charge in [-0.05, 0) is 60.7 Å². The Hall–Kier alpha value is -2.94. The van der Waals surface area contributed by atoms with Gasteiger partial charge in [0.25, 0.3) is 0 Å². The largest absolute Gasteiger partial charge is 0.379 e. The van der Waals surface area contributed by atoms with Crippen LogP contribution in [0.15, 0.2) is 67.0 Å². The standard InChI is InChI=1S/C26H32N6OS/c1-29(2)20-8-10-21(11-9-20)31-13-5-7-23(31)25-24(22-6-3-4-12-27-22)28-26(34)32(25)15-14-30-16-18-33-19-17-30/h3-13,24-25H,14-19H2,1-2H3,(H,28,34)/t24-,25-/m1/s1. The third-order valence-corrected chi connectivity index (χ3v) is 7.04. The number of pyridine rings is 1. The lowest BCUT2D eigenvalue weighted by atomic mass is 10.0. The van der Waals surface area contributed by atoms with Crippen molar-refractivity contribution in [2.75, 3.05) is 58.4 Å². The molecule has 2 atom stereocenters. The van der Waals surface area contributed by atoms with Gasteiger partial charge in [0.2, 0.25) is 0 Å². The smallest absolute Gasteiger partial charge is 0.170 e. The highest BCUT2D eigenvalue weighted by atomic mass is 32.1. The molecule has 0 bridgehead atoms. The normalized spacial score (nSPS) is 21.0. The molecular formula is C26H32N6OS. The number of rotatable bonds is 7. The van der Waals surface area contributed by atoms with Crippen LogP contribution < -0.4 is 10.2 Å². The van der Waals surface area contributed by atoms with E-state index in [2.05, 4.69) is 92.3 Å². The quantitative estimate of drug-likeness (QED) is 0.526. The summed E-state index contributed by atoms with van der Waals surface area (Å²) in [4.78, 5) is 11.6. The van der Waals surface area contributed by atoms with Gasteiger partial charge in [-0.2, -0.15) is 0 Å². The molecule has 2 fully saturated rings. The van der Waals surface area contributed by atoms with Gasteiger partial charge < -0.3 is 24.4 Å². The van der Waals surface area contributed by atoms with Crippen molar-refractivity contribution in [2.45, 2.75) is 12.1 Å². The number of nitrogens with one attached hydrogen (secondary N) is 1. The molecule has 0 saturated carbocycles. The minimum atomic E-state index is -0.0203. The number of anilines is 1. The predicted octanol–water partition coefficient (Wildman–Crippen LogP) is 3.24. The summed E-state index contributed by atoms with van der Waals surface area (Å²) in [5.74, 6) is 0. The van der Waals surface area contributed by atoms with Gasteiger partial charge in [0.15, 0.2) is 5.11 Å². The van der Waals surface area contributed by atoms with Crippen molar-refractivity contribution in [2.24, 2.45) is 0 Å². The van der Waals surface area contributed by atoms with Gasteiger partial charge in [0.1, 0.15) is 0 Å². The minimum absolute atomic E-state index is 0.0203. The second-order valence-electron chi connectivity index (χ2n) is 8.99. The first-order valence-corrected chi connectivity index (χ1v) is 12.3. The SMILES string of the molecule is CN(C)c1ccc(-n2cccc2[C@@H]2[C@@H](c3ccccn3)NC(=S)N2CCN2CCOCC2)cc1. The predicted molar refractivity (Wildman–Crippen MR) is 140 cm³/mol. The van der Waals surface area contributed by atoms with Crippen molar-refractivity contribution in [3.8, 4) is 5.69 Å². The molecule has 2 aromatic heterocycles. The number of benzene rings is 1. The first-order chi connectivity index (χ1) is 16.6. The monoisotopic (exact) mass is 476 g/mol. The molecule has 0 radical (unpaired) electrons. The maximum atomic E-state index is 5.87. The highest BCUT2D eigenvalue weighted by Gasteiger charge is 2.41. The van der Waals surface area contributed by atoms with E-state index in [-0.39, 0.29) is 12.1 Å². The second-order valence-corrected chi connectivity index (χ2v) is 9.37. The van der Waals surface area contributed by atoms with Crippen LogP contribution in [-0.2, 0) is 4.74 Å². The molecule has 2 aliphatic heterocycles. The van der Waals surface area contributed by atoms with Gasteiger partial charge in [-0.3, -0.25) is 9.88 Å². The molecule has 2 saturated heterocycles. The van der Waals surface area contributed by atoms with Gasteiger partial charge in [-0.25, -0.2) is 0 Å². The summed E-state index contributed by atoms with van der Waals surface area (Å²) >= 11 is 5.87. The van der Waals surface area contributed by atoms with E-state index in [0.717, 1.165) is 55.9 Å². The van der Waals surface area contributed by atoms with Crippen molar-refractivity contribution in [3.63, 3.8) is 0 Å². The molecule has 178 valence electrons. The van der Waals surface area contributed by atoms with E-state index in [1.54, 1.807) is 0 Å². The van der Waals surface area contributed by atoms with E-state index in [0.29, 0.717) is 0 Å². The summed E-state index contributed by atoms with van der Waals surface area (Å²) in [6.07, 6.45) is 3.99. The zero-order valence-corrected chi connectivity index (χ0v) is 20.6. The molecule has 34 heavy (non-hydrogen) atoms. The van der Waals surface area contributed by atoms with Crippen LogP contribution in [0.1, 0.15) is 23.5 Å².